The molecule has 0 saturated carbocycles. The summed E-state index contributed by atoms with van der Waals surface area (Å²) >= 11 is 0. The molecule has 0 radical (unpaired) electrons. The lowest BCUT2D eigenvalue weighted by Crippen LogP contribution is -2.38. The van der Waals surface area contributed by atoms with Crippen molar-refractivity contribution in [1.29, 1.82) is 5.26 Å². The second kappa shape index (κ2) is 20.3. The molecule has 2 aromatic carbocycles. The third-order valence-electron chi connectivity index (χ3n) is 8.12. The first-order valence-corrected chi connectivity index (χ1v) is 17.3. The number of carbonyl (C=O) groups is 3. The minimum atomic E-state index is -4.67. The van der Waals surface area contributed by atoms with Crippen LogP contribution in [0, 0.1) is 18.3 Å². The highest BCUT2D eigenvalue weighted by atomic mass is 19.4. The quantitative estimate of drug-likeness (QED) is 0.0948. The summed E-state index contributed by atoms with van der Waals surface area (Å²) in [5.74, 6) is -0.763. The molecule has 0 bridgehead atoms. The number of alkyl halides is 3. The van der Waals surface area contributed by atoms with E-state index in [9.17, 15) is 37.6 Å². The third-order valence-corrected chi connectivity index (χ3v) is 8.12. The number of ether oxygens (including phenoxy) is 2. The first kappa shape index (κ1) is 41.6. The number of amides is 5. The van der Waals surface area contributed by atoms with Crippen molar-refractivity contribution in [2.45, 2.75) is 25.9 Å². The summed E-state index contributed by atoms with van der Waals surface area (Å²) in [6.07, 6.45) is -1.76. The van der Waals surface area contributed by atoms with Crippen LogP contribution in [-0.2, 0) is 15.7 Å². The van der Waals surface area contributed by atoms with Crippen molar-refractivity contribution in [3.63, 3.8) is 0 Å². The molecule has 2 heterocycles. The van der Waals surface area contributed by atoms with E-state index in [4.69, 9.17) is 9.47 Å². The van der Waals surface area contributed by atoms with Gasteiger partial charge >= 0.3 is 18.2 Å². The molecular weight excluding hydrogens is 723 g/mol. The molecule has 2 aromatic heterocycles. The Bertz CT molecular complexity index is 2020. The SMILES string of the molecule is CNC(=O)NCCCCNC(=O)NCCOCCOCCNC(=O)c1cc(-c2ccnn2-c2ccc(C#N)cc2)c(C)n(-c2cccc(C(F)(F)F)c2)c1=O. The number of nitrogens with one attached hydrogen (secondary N) is 5. The highest BCUT2D eigenvalue weighted by Gasteiger charge is 2.31. The number of unbranched alkanes of at least 4 members (excludes halogenated alkanes) is 1. The zero-order valence-electron chi connectivity index (χ0n) is 30.3. The largest absolute Gasteiger partial charge is 0.416 e. The fourth-order valence-electron chi connectivity index (χ4n) is 5.34. The first-order valence-electron chi connectivity index (χ1n) is 17.3. The summed E-state index contributed by atoms with van der Waals surface area (Å²) in [6, 6.07) is 15.3. The first-order chi connectivity index (χ1) is 26.4. The van der Waals surface area contributed by atoms with E-state index in [0.29, 0.717) is 48.4 Å². The van der Waals surface area contributed by atoms with Gasteiger partial charge in [-0.15, -0.1) is 0 Å². The fourth-order valence-corrected chi connectivity index (χ4v) is 5.34. The van der Waals surface area contributed by atoms with Gasteiger partial charge in [-0.1, -0.05) is 6.07 Å². The zero-order valence-corrected chi connectivity index (χ0v) is 30.3. The molecule has 0 atom stereocenters. The minimum Gasteiger partial charge on any atom is -0.377 e. The maximum atomic E-state index is 13.8. The van der Waals surface area contributed by atoms with Gasteiger partial charge in [0.15, 0.2) is 0 Å². The van der Waals surface area contributed by atoms with Crippen LogP contribution in [0.1, 0.15) is 40.0 Å². The molecule has 5 amide bonds. The molecule has 0 aliphatic heterocycles. The van der Waals surface area contributed by atoms with Gasteiger partial charge in [-0.05, 0) is 74.4 Å². The second-order valence-corrected chi connectivity index (χ2v) is 11.9. The monoisotopic (exact) mass is 765 g/mol. The van der Waals surface area contributed by atoms with Crippen molar-refractivity contribution in [2.24, 2.45) is 0 Å². The molecule has 0 spiro atoms. The number of rotatable bonds is 18. The van der Waals surface area contributed by atoms with Crippen molar-refractivity contribution in [3.05, 3.63) is 99.6 Å². The molecule has 4 aromatic rings. The number of halogens is 3. The van der Waals surface area contributed by atoms with Gasteiger partial charge in [0, 0.05) is 50.2 Å². The van der Waals surface area contributed by atoms with Crippen LogP contribution in [-0.4, -0.2) is 92.0 Å². The predicted molar refractivity (Wildman–Crippen MR) is 196 cm³/mol. The van der Waals surface area contributed by atoms with E-state index in [1.165, 1.54) is 36.1 Å². The minimum absolute atomic E-state index is 0.0117. The lowest BCUT2D eigenvalue weighted by molar-refractivity contribution is -0.137. The smallest absolute Gasteiger partial charge is 0.377 e. The van der Waals surface area contributed by atoms with Gasteiger partial charge in [0.05, 0.1) is 61.2 Å². The molecule has 292 valence electrons. The van der Waals surface area contributed by atoms with Crippen LogP contribution in [0.2, 0.25) is 0 Å². The van der Waals surface area contributed by atoms with Crippen molar-refractivity contribution < 1.29 is 37.0 Å². The van der Waals surface area contributed by atoms with Gasteiger partial charge < -0.3 is 36.1 Å². The fraction of sp³-hybridized carbons (Fsp3) is 0.351. The number of aromatic nitrogens is 3. The number of benzene rings is 2. The molecule has 18 heteroatoms. The molecule has 55 heavy (non-hydrogen) atoms. The van der Waals surface area contributed by atoms with E-state index >= 15 is 0 Å². The summed E-state index contributed by atoms with van der Waals surface area (Å²) in [4.78, 5) is 50.2. The summed E-state index contributed by atoms with van der Waals surface area (Å²) in [5.41, 5.74) is -0.126. The Morgan fingerprint density at radius 1 is 0.818 bits per heavy atom. The van der Waals surface area contributed by atoms with Crippen molar-refractivity contribution in [3.8, 4) is 28.7 Å². The molecule has 0 unspecified atom stereocenters. The Balaban J connectivity index is 1.34. The topological polar surface area (TPSA) is 193 Å². The summed E-state index contributed by atoms with van der Waals surface area (Å²) in [5, 5.41) is 26.7. The Morgan fingerprint density at radius 2 is 1.45 bits per heavy atom. The van der Waals surface area contributed by atoms with Crippen molar-refractivity contribution >= 4 is 18.0 Å². The third kappa shape index (κ3) is 11.9. The molecular formula is C37H42F3N9O6. The second-order valence-electron chi connectivity index (χ2n) is 11.9. The Labute approximate surface area is 314 Å². The van der Waals surface area contributed by atoms with E-state index in [1.54, 1.807) is 37.3 Å². The molecule has 15 nitrogen and oxygen atoms in total. The van der Waals surface area contributed by atoms with Crippen molar-refractivity contribution in [1.82, 2.24) is 40.9 Å². The van der Waals surface area contributed by atoms with Crippen LogP contribution >= 0.6 is 0 Å². The van der Waals surface area contributed by atoms with E-state index < -0.39 is 23.2 Å². The number of urea groups is 2. The van der Waals surface area contributed by atoms with Gasteiger partial charge in [0.1, 0.15) is 5.56 Å². The van der Waals surface area contributed by atoms with Crippen LogP contribution in [0.3, 0.4) is 0 Å². The number of carbonyl (C=O) groups excluding carboxylic acids is 3. The zero-order chi connectivity index (χ0) is 39.8. The van der Waals surface area contributed by atoms with Crippen LogP contribution in [0.5, 0.6) is 0 Å². The average Bonchev–Trinajstić information content (AvgIpc) is 3.66. The molecule has 4 rings (SSSR count). The normalized spacial score (nSPS) is 11.1. The Morgan fingerprint density at radius 3 is 2.09 bits per heavy atom. The van der Waals surface area contributed by atoms with Crippen LogP contribution < -0.4 is 32.1 Å². The van der Waals surface area contributed by atoms with Gasteiger partial charge in [0.2, 0.25) is 0 Å². The highest BCUT2D eigenvalue weighted by molar-refractivity contribution is 5.95. The van der Waals surface area contributed by atoms with Gasteiger partial charge in [-0.25, -0.2) is 14.3 Å². The van der Waals surface area contributed by atoms with E-state index in [1.807, 2.05) is 6.07 Å². The van der Waals surface area contributed by atoms with Gasteiger partial charge in [-0.2, -0.15) is 23.5 Å². The van der Waals surface area contributed by atoms with Gasteiger partial charge in [0.25, 0.3) is 11.5 Å². The van der Waals surface area contributed by atoms with Crippen LogP contribution in [0.4, 0.5) is 22.8 Å². The summed E-state index contributed by atoms with van der Waals surface area (Å²) in [6.45, 7) is 3.51. The average molecular weight is 766 g/mol. The molecule has 0 aliphatic carbocycles. The number of nitriles is 1. The van der Waals surface area contributed by atoms with E-state index in [2.05, 4.69) is 31.7 Å². The lowest BCUT2D eigenvalue weighted by Gasteiger charge is -2.19. The summed E-state index contributed by atoms with van der Waals surface area (Å²) < 4.78 is 54.6. The Kier molecular flexibility index (Phi) is 15.4. The van der Waals surface area contributed by atoms with E-state index in [0.717, 1.165) is 16.7 Å². The molecule has 0 saturated heterocycles. The predicted octanol–water partition coefficient (Wildman–Crippen LogP) is 3.66. The molecule has 5 N–H and O–H groups in total. The standard InChI is InChI=1S/C37H42F3N9O6/c1-25-30(32-12-15-47-49(32)28-10-8-26(24-41)9-11-28)23-31(34(51)48(25)29-7-5-6-27(22-29)37(38,39)40)33(50)43-16-18-54-20-21-55-19-17-46-36(53)45-14-4-3-13-44-35(52)42-2/h5-12,15,22-23H,3-4,13-14,16-21H2,1-2H3,(H,43,50)(H2,42,44,52)(H2,45,46,53). The molecule has 0 fully saturated rings. The van der Waals surface area contributed by atoms with E-state index in [-0.39, 0.29) is 68.5 Å². The van der Waals surface area contributed by atoms with Gasteiger partial charge in [-0.3, -0.25) is 14.2 Å². The number of hydrogen-bond acceptors (Lipinski definition) is 8. The maximum Gasteiger partial charge on any atom is 0.416 e. The Hall–Kier alpha value is -6.19. The number of pyridine rings is 1. The van der Waals surface area contributed by atoms with Crippen LogP contribution in [0.25, 0.3) is 22.6 Å². The summed E-state index contributed by atoms with van der Waals surface area (Å²) in [7, 11) is 1.53. The van der Waals surface area contributed by atoms with Crippen LogP contribution in [0.15, 0.2) is 71.7 Å². The lowest BCUT2D eigenvalue weighted by atomic mass is 10.0. The maximum absolute atomic E-state index is 13.8. The number of hydrogen-bond donors (Lipinski definition) is 5. The highest BCUT2D eigenvalue weighted by Crippen LogP contribution is 2.32. The molecule has 0 aliphatic rings. The number of nitrogens with zero attached hydrogens (tertiary/aromatic N) is 4. The van der Waals surface area contributed by atoms with Crippen molar-refractivity contribution in [2.75, 3.05) is 59.7 Å².